The molecule has 70 valence electrons. The molecule has 0 unspecified atom stereocenters. The highest BCUT2D eigenvalue weighted by atomic mass is 127. The molecular weight excluding hydrogens is 275 g/mol. The van der Waals surface area contributed by atoms with Crippen LogP contribution in [0.2, 0.25) is 0 Å². The van der Waals surface area contributed by atoms with Gasteiger partial charge in [0, 0.05) is 0 Å². The number of hydrogen-bond donors (Lipinski definition) is 0. The monoisotopic (exact) mass is 288 g/mol. The maximum atomic E-state index is 5.78. The van der Waals surface area contributed by atoms with Gasteiger partial charge in [-0.1, -0.05) is 12.1 Å². The van der Waals surface area contributed by atoms with Crippen LogP contribution in [0.3, 0.4) is 0 Å². The zero-order valence-electron chi connectivity index (χ0n) is 7.72. The molecule has 0 saturated heterocycles. The van der Waals surface area contributed by atoms with Crippen molar-refractivity contribution in [3.05, 3.63) is 27.3 Å². The Hall–Kier alpha value is -0.250. The Bertz CT molecular complexity index is 285. The minimum Gasteiger partial charge on any atom is -0.492 e. The molecule has 0 heterocycles. The minimum atomic E-state index is 0.829. The number of hydrogen-bond acceptors (Lipinski definition) is 1. The number of aryl methyl sites for hydroxylation is 1. The van der Waals surface area contributed by atoms with Crippen LogP contribution in [0.15, 0.2) is 18.2 Å². The largest absolute Gasteiger partial charge is 0.492 e. The molecule has 0 amide bonds. The first-order valence-corrected chi connectivity index (χ1v) is 5.73. The van der Waals surface area contributed by atoms with Crippen LogP contribution in [0.1, 0.15) is 18.4 Å². The molecule has 1 fully saturated rings. The topological polar surface area (TPSA) is 9.23 Å². The molecule has 1 aliphatic rings. The number of ether oxygens (including phenoxy) is 1. The first-order chi connectivity index (χ1) is 6.27. The molecule has 0 N–H and O–H groups in total. The van der Waals surface area contributed by atoms with E-state index in [1.54, 1.807) is 0 Å². The first kappa shape index (κ1) is 9.31. The Morgan fingerprint density at radius 3 is 2.85 bits per heavy atom. The minimum absolute atomic E-state index is 0.829. The smallest absolute Gasteiger partial charge is 0.135 e. The Labute approximate surface area is 92.6 Å². The summed E-state index contributed by atoms with van der Waals surface area (Å²) in [5, 5.41) is 0. The van der Waals surface area contributed by atoms with E-state index in [4.69, 9.17) is 4.74 Å². The van der Waals surface area contributed by atoms with Crippen molar-refractivity contribution in [2.75, 3.05) is 6.61 Å². The third-order valence-electron chi connectivity index (χ3n) is 2.32. The van der Waals surface area contributed by atoms with Crippen LogP contribution in [-0.4, -0.2) is 6.61 Å². The number of para-hydroxylation sites is 1. The molecule has 1 aromatic carbocycles. The molecule has 0 radical (unpaired) electrons. The Morgan fingerprint density at radius 1 is 1.46 bits per heavy atom. The average molecular weight is 288 g/mol. The summed E-state index contributed by atoms with van der Waals surface area (Å²) in [6.45, 7) is 3.01. The van der Waals surface area contributed by atoms with E-state index in [9.17, 15) is 0 Å². The van der Waals surface area contributed by atoms with Crippen molar-refractivity contribution in [1.82, 2.24) is 0 Å². The van der Waals surface area contributed by atoms with Crippen LogP contribution in [0, 0.1) is 16.4 Å². The van der Waals surface area contributed by atoms with E-state index in [0.717, 1.165) is 18.3 Å². The predicted octanol–water partition coefficient (Wildman–Crippen LogP) is 3.39. The number of rotatable bonds is 3. The highest BCUT2D eigenvalue weighted by Crippen LogP contribution is 2.31. The molecule has 1 aromatic rings. The van der Waals surface area contributed by atoms with Crippen molar-refractivity contribution in [3.63, 3.8) is 0 Å². The van der Waals surface area contributed by atoms with Gasteiger partial charge in [-0.25, -0.2) is 0 Å². The van der Waals surface area contributed by atoms with E-state index < -0.39 is 0 Å². The van der Waals surface area contributed by atoms with E-state index in [2.05, 4.69) is 47.7 Å². The lowest BCUT2D eigenvalue weighted by Gasteiger charge is -2.09. The molecule has 1 nitrogen and oxygen atoms in total. The van der Waals surface area contributed by atoms with Crippen molar-refractivity contribution in [3.8, 4) is 5.75 Å². The van der Waals surface area contributed by atoms with Crippen LogP contribution in [-0.2, 0) is 0 Å². The Morgan fingerprint density at radius 2 is 2.23 bits per heavy atom. The van der Waals surface area contributed by atoms with Gasteiger partial charge in [0.2, 0.25) is 0 Å². The highest BCUT2D eigenvalue weighted by Gasteiger charge is 2.22. The molecule has 0 atom stereocenters. The molecule has 0 aromatic heterocycles. The molecule has 1 saturated carbocycles. The molecule has 0 spiro atoms. The summed E-state index contributed by atoms with van der Waals surface area (Å²) in [5.41, 5.74) is 1.24. The second-order valence-electron chi connectivity index (χ2n) is 3.64. The SMILES string of the molecule is Cc1cccc(I)c1OCC1CC1. The van der Waals surface area contributed by atoms with Gasteiger partial charge in [0.15, 0.2) is 0 Å². The maximum absolute atomic E-state index is 5.78. The predicted molar refractivity (Wildman–Crippen MR) is 62.1 cm³/mol. The third-order valence-corrected chi connectivity index (χ3v) is 3.17. The van der Waals surface area contributed by atoms with Crippen LogP contribution >= 0.6 is 22.6 Å². The lowest BCUT2D eigenvalue weighted by molar-refractivity contribution is 0.296. The summed E-state index contributed by atoms with van der Waals surface area (Å²) in [6.07, 6.45) is 2.70. The van der Waals surface area contributed by atoms with Gasteiger partial charge in [-0.2, -0.15) is 0 Å². The fourth-order valence-corrected chi connectivity index (χ4v) is 2.07. The fourth-order valence-electron chi connectivity index (χ4n) is 1.29. The lowest BCUT2D eigenvalue weighted by Crippen LogP contribution is -2.01. The second-order valence-corrected chi connectivity index (χ2v) is 4.80. The highest BCUT2D eigenvalue weighted by molar-refractivity contribution is 14.1. The summed E-state index contributed by atoms with van der Waals surface area (Å²) in [6, 6.07) is 6.27. The molecule has 2 rings (SSSR count). The van der Waals surface area contributed by atoms with E-state index in [1.165, 1.54) is 22.0 Å². The number of benzene rings is 1. The summed E-state index contributed by atoms with van der Waals surface area (Å²) in [4.78, 5) is 0. The van der Waals surface area contributed by atoms with Crippen molar-refractivity contribution in [2.24, 2.45) is 5.92 Å². The normalized spacial score (nSPS) is 15.8. The average Bonchev–Trinajstić information content (AvgIpc) is 2.87. The van der Waals surface area contributed by atoms with Gasteiger partial charge in [-0.05, 0) is 59.9 Å². The zero-order valence-corrected chi connectivity index (χ0v) is 9.87. The lowest BCUT2D eigenvalue weighted by atomic mass is 10.2. The summed E-state index contributed by atoms with van der Waals surface area (Å²) >= 11 is 2.33. The van der Waals surface area contributed by atoms with Gasteiger partial charge in [-0.15, -0.1) is 0 Å². The Kier molecular flexibility index (Phi) is 2.77. The summed E-state index contributed by atoms with van der Waals surface area (Å²) < 4.78 is 7.00. The summed E-state index contributed by atoms with van der Waals surface area (Å²) in [5.74, 6) is 1.91. The van der Waals surface area contributed by atoms with Crippen LogP contribution < -0.4 is 4.74 Å². The zero-order chi connectivity index (χ0) is 9.26. The quantitative estimate of drug-likeness (QED) is 0.775. The standard InChI is InChI=1S/C11H13IO/c1-8-3-2-4-10(12)11(8)13-7-9-5-6-9/h2-4,9H,5-7H2,1H3. The molecule has 1 aliphatic carbocycles. The van der Waals surface area contributed by atoms with E-state index in [0.29, 0.717) is 0 Å². The van der Waals surface area contributed by atoms with Crippen molar-refractivity contribution in [1.29, 1.82) is 0 Å². The van der Waals surface area contributed by atoms with Gasteiger partial charge >= 0.3 is 0 Å². The van der Waals surface area contributed by atoms with Gasteiger partial charge in [0.25, 0.3) is 0 Å². The molecule has 13 heavy (non-hydrogen) atoms. The van der Waals surface area contributed by atoms with Gasteiger partial charge in [0.1, 0.15) is 5.75 Å². The molecular formula is C11H13IO. The van der Waals surface area contributed by atoms with Crippen LogP contribution in [0.25, 0.3) is 0 Å². The van der Waals surface area contributed by atoms with Crippen LogP contribution in [0.4, 0.5) is 0 Å². The fraction of sp³-hybridized carbons (Fsp3) is 0.455. The Balaban J connectivity index is 2.07. The molecule has 0 aliphatic heterocycles. The van der Waals surface area contributed by atoms with Crippen molar-refractivity contribution < 1.29 is 4.74 Å². The van der Waals surface area contributed by atoms with E-state index >= 15 is 0 Å². The third kappa shape index (κ3) is 2.36. The van der Waals surface area contributed by atoms with E-state index in [-0.39, 0.29) is 0 Å². The molecule has 0 bridgehead atoms. The molecule has 2 heteroatoms. The maximum Gasteiger partial charge on any atom is 0.135 e. The number of halogens is 1. The van der Waals surface area contributed by atoms with Crippen molar-refractivity contribution in [2.45, 2.75) is 19.8 Å². The van der Waals surface area contributed by atoms with Crippen LogP contribution in [0.5, 0.6) is 5.75 Å². The van der Waals surface area contributed by atoms with Crippen molar-refractivity contribution >= 4 is 22.6 Å². The van der Waals surface area contributed by atoms with Gasteiger partial charge in [-0.3, -0.25) is 0 Å². The van der Waals surface area contributed by atoms with Gasteiger partial charge < -0.3 is 4.74 Å². The second kappa shape index (κ2) is 3.86. The van der Waals surface area contributed by atoms with E-state index in [1.807, 2.05) is 0 Å². The van der Waals surface area contributed by atoms with Gasteiger partial charge in [0.05, 0.1) is 10.2 Å². The summed E-state index contributed by atoms with van der Waals surface area (Å²) in [7, 11) is 0. The first-order valence-electron chi connectivity index (χ1n) is 4.65.